The molecule has 0 heterocycles. The number of hydrogen-bond donors (Lipinski definition) is 1. The number of nitrogens with one attached hydrogen (secondary N) is 1. The Balaban J connectivity index is 1.94. The fourth-order valence-corrected chi connectivity index (χ4v) is 2.65. The molecule has 0 aliphatic rings. The Kier molecular flexibility index (Phi) is 10.3. The molecule has 1 nitrogen and oxygen atoms in total. The lowest BCUT2D eigenvalue weighted by molar-refractivity contribution is 0.559. The smallest absolute Gasteiger partial charge is 0.164 e. The van der Waals surface area contributed by atoms with Crippen LogP contribution in [0.2, 0.25) is 5.02 Å². The van der Waals surface area contributed by atoms with Gasteiger partial charge >= 0.3 is 0 Å². The lowest BCUT2D eigenvalue weighted by atomic mass is 10.1. The third-order valence-electron chi connectivity index (χ3n) is 3.80. The molecule has 1 aromatic rings. The summed E-state index contributed by atoms with van der Waals surface area (Å²) in [5, 5.41) is 3.30. The number of anilines is 1. The fourth-order valence-electron chi connectivity index (χ4n) is 2.48. The van der Waals surface area contributed by atoms with Crippen LogP contribution in [-0.4, -0.2) is 6.54 Å². The molecular formula is C18H29ClFN. The minimum atomic E-state index is -0.341. The molecule has 0 unspecified atom stereocenters. The number of unbranched alkanes of at least 4 members (excludes halogenated alkanes) is 9. The van der Waals surface area contributed by atoms with E-state index >= 15 is 0 Å². The van der Waals surface area contributed by atoms with Crippen molar-refractivity contribution in [1.29, 1.82) is 0 Å². The lowest BCUT2D eigenvalue weighted by Crippen LogP contribution is -2.03. The molecule has 21 heavy (non-hydrogen) atoms. The van der Waals surface area contributed by atoms with Gasteiger partial charge in [0.05, 0.1) is 10.7 Å². The fraction of sp³-hybridized carbons (Fsp3) is 0.667. The van der Waals surface area contributed by atoms with Crippen molar-refractivity contribution in [2.75, 3.05) is 11.9 Å². The van der Waals surface area contributed by atoms with Gasteiger partial charge in [0.2, 0.25) is 0 Å². The Morgan fingerprint density at radius 3 is 2.10 bits per heavy atom. The van der Waals surface area contributed by atoms with Crippen LogP contribution in [0.4, 0.5) is 10.1 Å². The number of halogens is 2. The van der Waals surface area contributed by atoms with E-state index in [2.05, 4.69) is 12.2 Å². The van der Waals surface area contributed by atoms with Gasteiger partial charge in [0.1, 0.15) is 0 Å². The summed E-state index contributed by atoms with van der Waals surface area (Å²) in [6.07, 6.45) is 13.1. The Morgan fingerprint density at radius 1 is 0.905 bits per heavy atom. The van der Waals surface area contributed by atoms with Crippen molar-refractivity contribution in [3.8, 4) is 0 Å². The molecule has 0 atom stereocenters. The number of hydrogen-bond acceptors (Lipinski definition) is 1. The molecule has 0 amide bonds. The van der Waals surface area contributed by atoms with Crippen molar-refractivity contribution in [2.24, 2.45) is 0 Å². The molecule has 3 heteroatoms. The highest BCUT2D eigenvalue weighted by molar-refractivity contribution is 6.31. The molecule has 0 saturated heterocycles. The maximum atomic E-state index is 13.6. The molecule has 0 aromatic heterocycles. The van der Waals surface area contributed by atoms with Crippen molar-refractivity contribution < 1.29 is 4.39 Å². The number of benzene rings is 1. The predicted octanol–water partition coefficient (Wildman–Crippen LogP) is 6.81. The highest BCUT2D eigenvalue weighted by atomic mass is 35.5. The Labute approximate surface area is 134 Å². The predicted molar refractivity (Wildman–Crippen MR) is 91.7 cm³/mol. The Hall–Kier alpha value is -0.760. The van der Waals surface area contributed by atoms with Crippen LogP contribution in [0.5, 0.6) is 0 Å². The number of rotatable bonds is 12. The standard InChI is InChI=1S/C18H29ClFN/c1-2-3-4-5-6-7-8-9-10-11-15-21-17-14-12-13-16(19)18(17)20/h12-14,21H,2-11,15H2,1H3. The molecule has 0 aliphatic heterocycles. The zero-order valence-electron chi connectivity index (χ0n) is 13.3. The molecule has 1 aromatic carbocycles. The minimum Gasteiger partial charge on any atom is -0.383 e. The summed E-state index contributed by atoms with van der Waals surface area (Å²) in [5.41, 5.74) is 0.512. The second-order valence-corrected chi connectivity index (χ2v) is 6.12. The molecule has 0 saturated carbocycles. The monoisotopic (exact) mass is 313 g/mol. The summed E-state index contributed by atoms with van der Waals surface area (Å²) in [6, 6.07) is 5.08. The lowest BCUT2D eigenvalue weighted by Gasteiger charge is -2.08. The molecule has 0 aliphatic carbocycles. The molecule has 0 fully saturated rings. The second kappa shape index (κ2) is 11.9. The van der Waals surface area contributed by atoms with Crippen LogP contribution in [0.25, 0.3) is 0 Å². The topological polar surface area (TPSA) is 12.0 Å². The highest BCUT2D eigenvalue weighted by Gasteiger charge is 2.04. The summed E-state index contributed by atoms with van der Waals surface area (Å²) < 4.78 is 13.6. The summed E-state index contributed by atoms with van der Waals surface area (Å²) in [5.74, 6) is -0.341. The SMILES string of the molecule is CCCCCCCCCCCCNc1cccc(Cl)c1F. The van der Waals surface area contributed by atoms with E-state index in [-0.39, 0.29) is 10.8 Å². The average molecular weight is 314 g/mol. The summed E-state index contributed by atoms with van der Waals surface area (Å²) in [7, 11) is 0. The van der Waals surface area contributed by atoms with E-state index in [9.17, 15) is 4.39 Å². The van der Waals surface area contributed by atoms with Gasteiger partial charge in [-0.15, -0.1) is 0 Å². The maximum absolute atomic E-state index is 13.6. The van der Waals surface area contributed by atoms with E-state index < -0.39 is 0 Å². The van der Waals surface area contributed by atoms with Gasteiger partial charge in [-0.3, -0.25) is 0 Å². The molecular weight excluding hydrogens is 285 g/mol. The van der Waals surface area contributed by atoms with Crippen LogP contribution < -0.4 is 5.32 Å². The molecule has 0 bridgehead atoms. The zero-order chi connectivity index (χ0) is 15.3. The first kappa shape index (κ1) is 18.3. The third kappa shape index (κ3) is 8.31. The first-order valence-electron chi connectivity index (χ1n) is 8.43. The Bertz CT molecular complexity index is 381. The van der Waals surface area contributed by atoms with Crippen molar-refractivity contribution in [3.63, 3.8) is 0 Å². The summed E-state index contributed by atoms with van der Waals surface area (Å²) >= 11 is 5.74. The van der Waals surface area contributed by atoms with Crippen LogP contribution >= 0.6 is 11.6 Å². The van der Waals surface area contributed by atoms with Crippen molar-refractivity contribution in [2.45, 2.75) is 71.1 Å². The molecule has 0 radical (unpaired) electrons. The minimum absolute atomic E-state index is 0.183. The van der Waals surface area contributed by atoms with E-state index in [1.165, 1.54) is 57.8 Å². The first-order valence-corrected chi connectivity index (χ1v) is 8.81. The van der Waals surface area contributed by atoms with Gasteiger partial charge in [-0.1, -0.05) is 82.4 Å². The van der Waals surface area contributed by atoms with Crippen LogP contribution in [-0.2, 0) is 0 Å². The molecule has 1 N–H and O–H groups in total. The zero-order valence-corrected chi connectivity index (χ0v) is 14.0. The highest BCUT2D eigenvalue weighted by Crippen LogP contribution is 2.22. The molecule has 120 valence electrons. The van der Waals surface area contributed by atoms with Crippen LogP contribution in [0.3, 0.4) is 0 Å². The average Bonchev–Trinajstić information content (AvgIpc) is 2.49. The van der Waals surface area contributed by atoms with E-state index in [1.807, 2.05) is 0 Å². The van der Waals surface area contributed by atoms with Crippen LogP contribution in [0.15, 0.2) is 18.2 Å². The van der Waals surface area contributed by atoms with Crippen molar-refractivity contribution in [1.82, 2.24) is 0 Å². The normalized spacial score (nSPS) is 10.8. The summed E-state index contributed by atoms with van der Waals surface area (Å²) in [6.45, 7) is 3.07. The van der Waals surface area contributed by atoms with Gasteiger partial charge in [-0.2, -0.15) is 0 Å². The van der Waals surface area contributed by atoms with Crippen molar-refractivity contribution >= 4 is 17.3 Å². The quantitative estimate of drug-likeness (QED) is 0.418. The van der Waals surface area contributed by atoms with Gasteiger partial charge in [-0.05, 0) is 18.6 Å². The van der Waals surface area contributed by atoms with Crippen LogP contribution in [0.1, 0.15) is 71.1 Å². The Morgan fingerprint density at radius 2 is 1.48 bits per heavy atom. The van der Waals surface area contributed by atoms with Gasteiger partial charge in [0.15, 0.2) is 5.82 Å². The maximum Gasteiger partial charge on any atom is 0.164 e. The second-order valence-electron chi connectivity index (χ2n) is 5.71. The molecule has 1 rings (SSSR count). The molecule has 0 spiro atoms. The van der Waals surface area contributed by atoms with Crippen molar-refractivity contribution in [3.05, 3.63) is 29.0 Å². The van der Waals surface area contributed by atoms with Gasteiger partial charge in [-0.25, -0.2) is 4.39 Å². The first-order chi connectivity index (χ1) is 10.3. The van der Waals surface area contributed by atoms with E-state index in [1.54, 1.807) is 18.2 Å². The summed E-state index contributed by atoms with van der Waals surface area (Å²) in [4.78, 5) is 0. The van der Waals surface area contributed by atoms with Gasteiger partial charge in [0.25, 0.3) is 0 Å². The van der Waals surface area contributed by atoms with Gasteiger partial charge in [0, 0.05) is 6.54 Å². The van der Waals surface area contributed by atoms with E-state index in [0.29, 0.717) is 5.69 Å². The largest absolute Gasteiger partial charge is 0.383 e. The van der Waals surface area contributed by atoms with E-state index in [0.717, 1.165) is 13.0 Å². The van der Waals surface area contributed by atoms with Crippen LogP contribution in [0, 0.1) is 5.82 Å². The van der Waals surface area contributed by atoms with E-state index in [4.69, 9.17) is 11.6 Å². The van der Waals surface area contributed by atoms with Gasteiger partial charge < -0.3 is 5.32 Å². The third-order valence-corrected chi connectivity index (χ3v) is 4.09.